The minimum atomic E-state index is -4.76. The number of carboxylic acid groups (broad SMARTS) is 1. The summed E-state index contributed by atoms with van der Waals surface area (Å²) in [5.41, 5.74) is 5.75. The minimum absolute atomic E-state index is 0.0162. The largest absolute Gasteiger partial charge is 0.478 e. The lowest BCUT2D eigenvalue weighted by atomic mass is 10.1. The van der Waals surface area contributed by atoms with Gasteiger partial charge in [-0.05, 0) is 36.4 Å². The first-order valence-corrected chi connectivity index (χ1v) is 12.2. The Morgan fingerprint density at radius 1 is 1.09 bits per heavy atom. The van der Waals surface area contributed by atoms with Crippen LogP contribution < -0.4 is 11.1 Å². The predicted molar refractivity (Wildman–Crippen MR) is 117 cm³/mol. The van der Waals surface area contributed by atoms with E-state index in [1.807, 2.05) is 0 Å². The number of sulfone groups is 1. The molecule has 1 amide bonds. The van der Waals surface area contributed by atoms with Gasteiger partial charge in [0.15, 0.2) is 9.84 Å². The average Bonchev–Trinajstić information content (AvgIpc) is 2.72. The molecule has 0 aromatic heterocycles. The van der Waals surface area contributed by atoms with Crippen LogP contribution in [0.25, 0.3) is 0 Å². The standard InChI is InChI=1S/C18H20N4O9S2/c1-2-17(23)20-15-10-14(19)13(18(24)25)9-16(15)22-21-11-3-5-12(6-4-11)32(26,27)8-7-31-33(28,29)30/h3-6,9-10H,2,7-8,19H2,1H3,(H,20,23)(H,24,25)(H,28,29,30). The van der Waals surface area contributed by atoms with Crippen molar-refractivity contribution < 1.29 is 40.3 Å². The van der Waals surface area contributed by atoms with Gasteiger partial charge in [-0.2, -0.15) is 13.5 Å². The molecule has 0 aliphatic carbocycles. The Labute approximate surface area is 189 Å². The van der Waals surface area contributed by atoms with E-state index >= 15 is 0 Å². The van der Waals surface area contributed by atoms with Crippen molar-refractivity contribution in [2.24, 2.45) is 10.2 Å². The fourth-order valence-electron chi connectivity index (χ4n) is 2.41. The number of benzene rings is 2. The zero-order valence-corrected chi connectivity index (χ0v) is 18.8. The molecule has 0 fully saturated rings. The molecule has 0 bridgehead atoms. The predicted octanol–water partition coefficient (Wildman–Crippen LogP) is 2.32. The number of nitrogens with one attached hydrogen (secondary N) is 1. The number of carbonyl (C=O) groups excluding carboxylic acids is 1. The van der Waals surface area contributed by atoms with Crippen molar-refractivity contribution in [3.05, 3.63) is 42.0 Å². The lowest BCUT2D eigenvalue weighted by Crippen LogP contribution is -2.15. The number of amides is 1. The zero-order chi connectivity index (χ0) is 24.8. The molecule has 0 heterocycles. The quantitative estimate of drug-likeness (QED) is 0.212. The topological polar surface area (TPSA) is 215 Å². The van der Waals surface area contributed by atoms with E-state index in [4.69, 9.17) is 10.3 Å². The van der Waals surface area contributed by atoms with Gasteiger partial charge in [0.05, 0.1) is 34.2 Å². The fraction of sp³-hybridized carbons (Fsp3) is 0.222. The second kappa shape index (κ2) is 10.5. The first kappa shape index (κ1) is 25.9. The summed E-state index contributed by atoms with van der Waals surface area (Å²) in [6.07, 6.45) is 0.155. The zero-order valence-electron chi connectivity index (χ0n) is 17.1. The number of carbonyl (C=O) groups is 2. The summed E-state index contributed by atoms with van der Waals surface area (Å²) in [5.74, 6) is -2.36. The van der Waals surface area contributed by atoms with Gasteiger partial charge >= 0.3 is 16.4 Å². The van der Waals surface area contributed by atoms with Gasteiger partial charge in [0, 0.05) is 12.1 Å². The summed E-state index contributed by atoms with van der Waals surface area (Å²) in [6.45, 7) is 0.855. The highest BCUT2D eigenvalue weighted by Crippen LogP contribution is 2.32. The monoisotopic (exact) mass is 500 g/mol. The average molecular weight is 501 g/mol. The number of azo groups is 1. The van der Waals surface area contributed by atoms with Gasteiger partial charge in [0.25, 0.3) is 0 Å². The molecule has 2 rings (SSSR count). The van der Waals surface area contributed by atoms with Crippen LogP contribution in [0.4, 0.5) is 22.7 Å². The first-order chi connectivity index (χ1) is 15.3. The summed E-state index contributed by atoms with van der Waals surface area (Å²) < 4.78 is 57.9. The lowest BCUT2D eigenvalue weighted by molar-refractivity contribution is -0.115. The molecule has 2 aromatic carbocycles. The summed E-state index contributed by atoms with van der Waals surface area (Å²) in [5, 5.41) is 19.7. The fourth-order valence-corrected chi connectivity index (χ4v) is 3.90. The Balaban J connectivity index is 2.27. The number of carboxylic acids is 1. The third-order valence-corrected chi connectivity index (χ3v) is 6.21. The van der Waals surface area contributed by atoms with Gasteiger partial charge in [-0.1, -0.05) is 6.92 Å². The maximum absolute atomic E-state index is 12.2. The Kier molecular flexibility index (Phi) is 8.21. The smallest absolute Gasteiger partial charge is 0.397 e. The molecule has 0 spiro atoms. The van der Waals surface area contributed by atoms with Crippen molar-refractivity contribution in [3.63, 3.8) is 0 Å². The van der Waals surface area contributed by atoms with Crippen molar-refractivity contribution in [1.82, 2.24) is 0 Å². The van der Waals surface area contributed by atoms with Gasteiger partial charge in [0.2, 0.25) is 5.91 Å². The number of nitrogen functional groups attached to an aromatic ring is 1. The van der Waals surface area contributed by atoms with Crippen molar-refractivity contribution in [2.45, 2.75) is 18.2 Å². The van der Waals surface area contributed by atoms with Crippen LogP contribution in [0.5, 0.6) is 0 Å². The van der Waals surface area contributed by atoms with Crippen LogP contribution in [-0.4, -0.2) is 50.7 Å². The molecule has 2 aromatic rings. The minimum Gasteiger partial charge on any atom is -0.478 e. The summed E-state index contributed by atoms with van der Waals surface area (Å²) in [7, 11) is -8.67. The number of anilines is 2. The van der Waals surface area contributed by atoms with Crippen LogP contribution in [0.15, 0.2) is 51.5 Å². The van der Waals surface area contributed by atoms with Crippen LogP contribution in [-0.2, 0) is 29.2 Å². The number of aromatic carboxylic acids is 1. The van der Waals surface area contributed by atoms with Crippen LogP contribution >= 0.6 is 0 Å². The summed E-state index contributed by atoms with van der Waals surface area (Å²) in [6, 6.07) is 7.39. The van der Waals surface area contributed by atoms with Gasteiger partial charge in [-0.25, -0.2) is 17.4 Å². The Bertz CT molecular complexity index is 1290. The van der Waals surface area contributed by atoms with Crippen LogP contribution in [0.3, 0.4) is 0 Å². The van der Waals surface area contributed by atoms with Crippen molar-refractivity contribution in [3.8, 4) is 0 Å². The number of hydrogen-bond acceptors (Lipinski definition) is 10. The molecule has 13 nitrogen and oxygen atoms in total. The van der Waals surface area contributed by atoms with E-state index in [0.717, 1.165) is 6.07 Å². The van der Waals surface area contributed by atoms with Gasteiger partial charge in [0.1, 0.15) is 5.69 Å². The van der Waals surface area contributed by atoms with Gasteiger partial charge < -0.3 is 16.2 Å². The number of nitrogens with zero attached hydrogens (tertiary/aromatic N) is 2. The van der Waals surface area contributed by atoms with Crippen LogP contribution in [0.1, 0.15) is 23.7 Å². The third kappa shape index (κ3) is 7.60. The van der Waals surface area contributed by atoms with E-state index in [1.165, 1.54) is 30.3 Å². The van der Waals surface area contributed by atoms with E-state index in [2.05, 4.69) is 19.7 Å². The van der Waals surface area contributed by atoms with Gasteiger partial charge in [-0.3, -0.25) is 9.35 Å². The van der Waals surface area contributed by atoms with E-state index in [9.17, 15) is 31.5 Å². The first-order valence-electron chi connectivity index (χ1n) is 9.15. The normalized spacial score (nSPS) is 12.1. The highest BCUT2D eigenvalue weighted by molar-refractivity contribution is 7.91. The molecule has 0 aliphatic heterocycles. The van der Waals surface area contributed by atoms with Crippen molar-refractivity contribution >= 4 is 54.9 Å². The summed E-state index contributed by atoms with van der Waals surface area (Å²) >= 11 is 0. The number of rotatable bonds is 10. The molecule has 0 unspecified atom stereocenters. The highest BCUT2D eigenvalue weighted by Gasteiger charge is 2.17. The maximum atomic E-state index is 12.2. The molecule has 0 aliphatic rings. The molecular formula is C18H20N4O9S2. The SMILES string of the molecule is CCC(=O)Nc1cc(N)c(C(=O)O)cc1N=Nc1ccc(S(=O)(=O)CCOS(=O)(=O)O)cc1. The van der Waals surface area contributed by atoms with Crippen molar-refractivity contribution in [1.29, 1.82) is 0 Å². The molecule has 0 saturated carbocycles. The van der Waals surface area contributed by atoms with E-state index in [1.54, 1.807) is 6.92 Å². The van der Waals surface area contributed by atoms with Crippen LogP contribution in [0, 0.1) is 0 Å². The maximum Gasteiger partial charge on any atom is 0.397 e. The molecule has 15 heteroatoms. The molecule has 0 atom stereocenters. The highest BCUT2D eigenvalue weighted by atomic mass is 32.3. The van der Waals surface area contributed by atoms with Gasteiger partial charge in [-0.15, -0.1) is 5.11 Å². The molecule has 33 heavy (non-hydrogen) atoms. The number of nitrogens with two attached hydrogens (primary N) is 1. The lowest BCUT2D eigenvalue weighted by Gasteiger charge is -2.10. The molecular weight excluding hydrogens is 480 g/mol. The Morgan fingerprint density at radius 3 is 2.27 bits per heavy atom. The molecule has 0 radical (unpaired) electrons. The van der Waals surface area contributed by atoms with Crippen molar-refractivity contribution in [2.75, 3.05) is 23.4 Å². The summed E-state index contributed by atoms with van der Waals surface area (Å²) in [4.78, 5) is 22.9. The number of hydrogen-bond donors (Lipinski definition) is 4. The van der Waals surface area contributed by atoms with E-state index < -0.39 is 38.6 Å². The Hall–Kier alpha value is -3.40. The second-order valence-electron chi connectivity index (χ2n) is 6.43. The third-order valence-electron chi connectivity index (χ3n) is 4.05. The molecule has 5 N–H and O–H groups in total. The van der Waals surface area contributed by atoms with Crippen LogP contribution in [0.2, 0.25) is 0 Å². The molecule has 178 valence electrons. The Morgan fingerprint density at radius 2 is 1.73 bits per heavy atom. The van der Waals surface area contributed by atoms with E-state index in [-0.39, 0.29) is 45.5 Å². The van der Waals surface area contributed by atoms with E-state index in [0.29, 0.717) is 0 Å². The second-order valence-corrected chi connectivity index (χ2v) is 9.63. The molecule has 0 saturated heterocycles.